The zero-order valence-corrected chi connectivity index (χ0v) is 12.4. The average Bonchev–Trinajstić information content (AvgIpc) is 2.53. The normalized spacial score (nSPS) is 10.6. The number of hydrogen-bond donors (Lipinski definition) is 0. The second-order valence-electron chi connectivity index (χ2n) is 4.67. The molecule has 0 heterocycles. The highest BCUT2D eigenvalue weighted by Crippen LogP contribution is 2.21. The van der Waals surface area contributed by atoms with Crippen molar-refractivity contribution < 1.29 is 14.3 Å². The minimum absolute atomic E-state index is 0.0774. The number of benzene rings is 2. The van der Waals surface area contributed by atoms with E-state index in [1.54, 1.807) is 26.4 Å². The van der Waals surface area contributed by atoms with Gasteiger partial charge >= 0.3 is 0 Å². The molecule has 0 spiro atoms. The molecule has 3 heteroatoms. The number of rotatable bonds is 5. The fourth-order valence-corrected chi connectivity index (χ4v) is 1.99. The van der Waals surface area contributed by atoms with Gasteiger partial charge in [0.05, 0.1) is 19.8 Å². The summed E-state index contributed by atoms with van der Waals surface area (Å²) in [5, 5.41) is 0. The van der Waals surface area contributed by atoms with Gasteiger partial charge < -0.3 is 9.47 Å². The summed E-state index contributed by atoms with van der Waals surface area (Å²) < 4.78 is 10.3. The predicted molar refractivity (Wildman–Crippen MR) is 84.1 cm³/mol. The summed E-state index contributed by atoms with van der Waals surface area (Å²) in [4.78, 5) is 12.3. The molecule has 0 saturated heterocycles. The van der Waals surface area contributed by atoms with Crippen LogP contribution in [0.4, 0.5) is 0 Å². The molecule has 3 nitrogen and oxygen atoms in total. The number of methoxy groups -OCH3 is 2. The summed E-state index contributed by atoms with van der Waals surface area (Å²) in [6.45, 7) is 1.95. The van der Waals surface area contributed by atoms with Crippen molar-refractivity contribution in [1.29, 1.82) is 0 Å². The van der Waals surface area contributed by atoms with Crippen LogP contribution in [-0.4, -0.2) is 20.0 Å². The van der Waals surface area contributed by atoms with E-state index in [0.717, 1.165) is 16.9 Å². The highest BCUT2D eigenvalue weighted by atomic mass is 16.5. The number of carbonyl (C=O) groups excluding carboxylic acids is 1. The van der Waals surface area contributed by atoms with E-state index in [9.17, 15) is 4.79 Å². The fraction of sp³-hybridized carbons (Fsp3) is 0.167. The van der Waals surface area contributed by atoms with Crippen LogP contribution in [0.1, 0.15) is 21.5 Å². The molecule has 0 unspecified atom stereocenters. The van der Waals surface area contributed by atoms with E-state index < -0.39 is 0 Å². The van der Waals surface area contributed by atoms with Crippen LogP contribution >= 0.6 is 0 Å². The molecule has 108 valence electrons. The molecule has 0 bridgehead atoms. The van der Waals surface area contributed by atoms with Gasteiger partial charge in [-0.05, 0) is 42.8 Å². The Morgan fingerprint density at radius 1 is 1.00 bits per heavy atom. The maximum Gasteiger partial charge on any atom is 0.189 e. The van der Waals surface area contributed by atoms with Crippen LogP contribution in [0.15, 0.2) is 48.5 Å². The molecule has 0 aliphatic rings. The Morgan fingerprint density at radius 2 is 1.71 bits per heavy atom. The Bertz CT molecular complexity index is 655. The molecule has 2 rings (SSSR count). The first-order valence-corrected chi connectivity index (χ1v) is 6.65. The molecule has 0 aromatic heterocycles. The van der Waals surface area contributed by atoms with Gasteiger partial charge in [0.15, 0.2) is 5.78 Å². The van der Waals surface area contributed by atoms with Crippen molar-refractivity contribution in [3.8, 4) is 11.5 Å². The molecule has 0 radical (unpaired) electrons. The van der Waals surface area contributed by atoms with Crippen molar-refractivity contribution in [2.75, 3.05) is 14.2 Å². The van der Waals surface area contributed by atoms with Crippen molar-refractivity contribution in [3.05, 3.63) is 65.2 Å². The average molecular weight is 282 g/mol. The van der Waals surface area contributed by atoms with Crippen molar-refractivity contribution in [2.24, 2.45) is 0 Å². The Kier molecular flexibility index (Phi) is 4.77. The number of aryl methyl sites for hydroxylation is 1. The van der Waals surface area contributed by atoms with E-state index in [2.05, 4.69) is 0 Å². The van der Waals surface area contributed by atoms with Gasteiger partial charge in [0.2, 0.25) is 0 Å². The quantitative estimate of drug-likeness (QED) is 0.616. The van der Waals surface area contributed by atoms with Crippen molar-refractivity contribution in [3.63, 3.8) is 0 Å². The molecular formula is C18H18O3. The van der Waals surface area contributed by atoms with Crippen LogP contribution in [0.3, 0.4) is 0 Å². The largest absolute Gasteiger partial charge is 0.497 e. The highest BCUT2D eigenvalue weighted by Gasteiger charge is 2.09. The minimum atomic E-state index is -0.0774. The van der Waals surface area contributed by atoms with Gasteiger partial charge in [0.25, 0.3) is 0 Å². The van der Waals surface area contributed by atoms with Crippen molar-refractivity contribution in [2.45, 2.75) is 6.92 Å². The van der Waals surface area contributed by atoms with Gasteiger partial charge in [0, 0.05) is 0 Å². The molecule has 2 aromatic carbocycles. The van der Waals surface area contributed by atoms with Crippen LogP contribution in [0.25, 0.3) is 6.08 Å². The van der Waals surface area contributed by atoms with E-state index >= 15 is 0 Å². The summed E-state index contributed by atoms with van der Waals surface area (Å²) in [7, 11) is 3.19. The van der Waals surface area contributed by atoms with E-state index in [-0.39, 0.29) is 5.78 Å². The van der Waals surface area contributed by atoms with Gasteiger partial charge in [0.1, 0.15) is 11.5 Å². The molecule has 0 amide bonds. The van der Waals surface area contributed by atoms with Crippen LogP contribution in [0, 0.1) is 6.92 Å². The second kappa shape index (κ2) is 6.75. The first kappa shape index (κ1) is 14.9. The van der Waals surface area contributed by atoms with Crippen molar-refractivity contribution >= 4 is 11.9 Å². The van der Waals surface area contributed by atoms with Crippen LogP contribution in [-0.2, 0) is 0 Å². The lowest BCUT2D eigenvalue weighted by molar-refractivity contribution is 0.104. The van der Waals surface area contributed by atoms with Crippen LogP contribution in [0.5, 0.6) is 11.5 Å². The Labute approximate surface area is 124 Å². The Hall–Kier alpha value is -2.55. The summed E-state index contributed by atoms with van der Waals surface area (Å²) in [6.07, 6.45) is 3.34. The summed E-state index contributed by atoms with van der Waals surface area (Å²) in [5.74, 6) is 1.30. The van der Waals surface area contributed by atoms with Gasteiger partial charge in [-0.25, -0.2) is 0 Å². The monoisotopic (exact) mass is 282 g/mol. The molecule has 2 aromatic rings. The first-order valence-electron chi connectivity index (χ1n) is 6.65. The maximum atomic E-state index is 12.3. The van der Waals surface area contributed by atoms with Crippen LogP contribution in [0.2, 0.25) is 0 Å². The van der Waals surface area contributed by atoms with Gasteiger partial charge in [-0.15, -0.1) is 0 Å². The van der Waals surface area contributed by atoms with E-state index in [4.69, 9.17) is 9.47 Å². The smallest absolute Gasteiger partial charge is 0.189 e. The van der Waals surface area contributed by atoms with Gasteiger partial charge in [-0.3, -0.25) is 4.79 Å². The molecule has 0 atom stereocenters. The topological polar surface area (TPSA) is 35.5 Å². The lowest BCUT2D eigenvalue weighted by Gasteiger charge is -2.06. The second-order valence-corrected chi connectivity index (χ2v) is 4.67. The third kappa shape index (κ3) is 3.72. The molecule has 0 aliphatic heterocycles. The number of ether oxygens (including phenoxy) is 2. The number of allylic oxidation sites excluding steroid dienone is 1. The fourth-order valence-electron chi connectivity index (χ4n) is 1.99. The zero-order valence-electron chi connectivity index (χ0n) is 12.4. The lowest BCUT2D eigenvalue weighted by Crippen LogP contribution is -1.99. The number of ketones is 1. The predicted octanol–water partition coefficient (Wildman–Crippen LogP) is 3.91. The number of hydrogen-bond acceptors (Lipinski definition) is 3. The van der Waals surface area contributed by atoms with E-state index in [0.29, 0.717) is 11.3 Å². The molecule has 21 heavy (non-hydrogen) atoms. The minimum Gasteiger partial charge on any atom is -0.497 e. The Morgan fingerprint density at radius 3 is 2.33 bits per heavy atom. The molecule has 0 N–H and O–H groups in total. The SMILES string of the molecule is COc1ccc(/C=C/C(=O)c2cc(C)ccc2OC)cc1. The molecular weight excluding hydrogens is 264 g/mol. The Balaban J connectivity index is 2.20. The van der Waals surface area contributed by atoms with Gasteiger partial charge in [-0.2, -0.15) is 0 Å². The van der Waals surface area contributed by atoms with Gasteiger partial charge in [-0.1, -0.05) is 29.8 Å². The highest BCUT2D eigenvalue weighted by molar-refractivity contribution is 6.08. The molecule has 0 fully saturated rings. The van der Waals surface area contributed by atoms with Crippen molar-refractivity contribution in [1.82, 2.24) is 0 Å². The maximum absolute atomic E-state index is 12.3. The van der Waals surface area contributed by atoms with Crippen LogP contribution < -0.4 is 9.47 Å². The number of carbonyl (C=O) groups is 1. The zero-order chi connectivity index (χ0) is 15.2. The standard InChI is InChI=1S/C18H18O3/c1-13-4-11-18(21-3)16(12-13)17(19)10-7-14-5-8-15(20-2)9-6-14/h4-12H,1-3H3/b10-7+. The summed E-state index contributed by atoms with van der Waals surface area (Å²) in [6, 6.07) is 13.1. The molecule has 0 aliphatic carbocycles. The van der Waals surface area contributed by atoms with E-state index in [1.807, 2.05) is 49.4 Å². The third-order valence-corrected chi connectivity index (χ3v) is 3.16. The first-order chi connectivity index (χ1) is 10.1. The summed E-state index contributed by atoms with van der Waals surface area (Å²) >= 11 is 0. The lowest BCUT2D eigenvalue weighted by atomic mass is 10.1. The molecule has 0 saturated carbocycles. The third-order valence-electron chi connectivity index (χ3n) is 3.16. The summed E-state index contributed by atoms with van der Waals surface area (Å²) in [5.41, 5.74) is 2.54. The van der Waals surface area contributed by atoms with E-state index in [1.165, 1.54) is 0 Å².